The Labute approximate surface area is 118 Å². The molecule has 1 aromatic rings. The summed E-state index contributed by atoms with van der Waals surface area (Å²) < 4.78 is 26.1. The number of sulfonamides is 1. The van der Waals surface area contributed by atoms with Gasteiger partial charge in [-0.25, -0.2) is 13.4 Å². The van der Waals surface area contributed by atoms with Gasteiger partial charge in [0.15, 0.2) is 5.25 Å². The molecule has 0 saturated carbocycles. The number of anilines is 1. The number of hydrogen-bond acceptors (Lipinski definition) is 5. The predicted molar refractivity (Wildman–Crippen MR) is 75.1 cm³/mol. The third-order valence-corrected chi connectivity index (χ3v) is 4.02. The molecule has 0 bridgehead atoms. The number of nitriles is 1. The Morgan fingerprint density at radius 3 is 2.85 bits per heavy atom. The number of aliphatic hydroxyl groups is 1. The standard InChI is InChI=1S/C13H15N3O3S/c1-2-12(10-14)20(18,19)16-13-8-5-7-11(15-13)6-3-4-9-17/h5,7-8,12,17H,2,4,9H2,1H3,(H,15,16). The van der Waals surface area contributed by atoms with E-state index in [9.17, 15) is 8.42 Å². The lowest BCUT2D eigenvalue weighted by molar-refractivity contribution is 0.305. The van der Waals surface area contributed by atoms with Crippen LogP contribution in [0.3, 0.4) is 0 Å². The molecule has 1 aromatic heterocycles. The van der Waals surface area contributed by atoms with Crippen LogP contribution in [0.1, 0.15) is 25.5 Å². The summed E-state index contributed by atoms with van der Waals surface area (Å²) in [6, 6.07) is 6.46. The Morgan fingerprint density at radius 2 is 2.25 bits per heavy atom. The summed E-state index contributed by atoms with van der Waals surface area (Å²) in [6.45, 7) is 1.58. The fourth-order valence-electron chi connectivity index (χ4n) is 1.37. The minimum atomic E-state index is -3.78. The summed E-state index contributed by atoms with van der Waals surface area (Å²) in [5.41, 5.74) is 0.392. The Balaban J connectivity index is 2.92. The van der Waals surface area contributed by atoms with E-state index in [2.05, 4.69) is 21.5 Å². The van der Waals surface area contributed by atoms with Gasteiger partial charge in [0.1, 0.15) is 11.5 Å². The van der Waals surface area contributed by atoms with E-state index >= 15 is 0 Å². The van der Waals surface area contributed by atoms with E-state index in [4.69, 9.17) is 10.4 Å². The van der Waals surface area contributed by atoms with Gasteiger partial charge in [0.05, 0.1) is 12.7 Å². The van der Waals surface area contributed by atoms with Crippen molar-refractivity contribution in [1.82, 2.24) is 4.98 Å². The molecule has 20 heavy (non-hydrogen) atoms. The average Bonchev–Trinajstić information content (AvgIpc) is 2.40. The van der Waals surface area contributed by atoms with Gasteiger partial charge < -0.3 is 5.11 Å². The lowest BCUT2D eigenvalue weighted by Gasteiger charge is -2.10. The molecule has 0 aliphatic rings. The Hall–Kier alpha value is -2.09. The molecule has 0 saturated heterocycles. The predicted octanol–water partition coefficient (Wildman–Crippen LogP) is 0.859. The highest BCUT2D eigenvalue weighted by Crippen LogP contribution is 2.11. The molecular weight excluding hydrogens is 278 g/mol. The van der Waals surface area contributed by atoms with Crippen LogP contribution < -0.4 is 4.72 Å². The number of nitrogens with one attached hydrogen (secondary N) is 1. The molecular formula is C13H15N3O3S. The van der Waals surface area contributed by atoms with Gasteiger partial charge in [0.25, 0.3) is 0 Å². The molecule has 7 heteroatoms. The van der Waals surface area contributed by atoms with E-state index in [-0.39, 0.29) is 18.8 Å². The van der Waals surface area contributed by atoms with Gasteiger partial charge in [0, 0.05) is 6.42 Å². The van der Waals surface area contributed by atoms with E-state index in [0.717, 1.165) is 0 Å². The zero-order valence-electron chi connectivity index (χ0n) is 11.0. The van der Waals surface area contributed by atoms with Crippen molar-refractivity contribution in [3.8, 4) is 17.9 Å². The Kier molecular flexibility index (Phi) is 5.98. The van der Waals surface area contributed by atoms with Crippen molar-refractivity contribution in [3.63, 3.8) is 0 Å². The van der Waals surface area contributed by atoms with Gasteiger partial charge in [-0.1, -0.05) is 18.9 Å². The molecule has 0 aromatic carbocycles. The lowest BCUT2D eigenvalue weighted by Crippen LogP contribution is -2.26. The molecule has 0 amide bonds. The van der Waals surface area contributed by atoms with Gasteiger partial charge >= 0.3 is 0 Å². The smallest absolute Gasteiger partial charge is 0.250 e. The van der Waals surface area contributed by atoms with Crippen LogP contribution in [-0.2, 0) is 10.0 Å². The summed E-state index contributed by atoms with van der Waals surface area (Å²) in [5, 5.41) is 16.3. The molecule has 106 valence electrons. The van der Waals surface area contributed by atoms with E-state index in [1.807, 2.05) is 0 Å². The molecule has 0 aliphatic heterocycles. The SMILES string of the molecule is CCC(C#N)S(=O)(=O)Nc1cccc(C#CCCO)n1. The summed E-state index contributed by atoms with van der Waals surface area (Å²) in [6.07, 6.45) is 0.520. The van der Waals surface area contributed by atoms with E-state index < -0.39 is 15.3 Å². The van der Waals surface area contributed by atoms with Crippen molar-refractivity contribution in [2.45, 2.75) is 25.0 Å². The molecule has 0 spiro atoms. The van der Waals surface area contributed by atoms with E-state index in [1.54, 1.807) is 25.1 Å². The van der Waals surface area contributed by atoms with Crippen LogP contribution in [0.15, 0.2) is 18.2 Å². The molecule has 1 heterocycles. The molecule has 2 N–H and O–H groups in total. The van der Waals surface area contributed by atoms with Crippen molar-refractivity contribution in [2.24, 2.45) is 0 Å². The summed E-state index contributed by atoms with van der Waals surface area (Å²) >= 11 is 0. The van der Waals surface area contributed by atoms with Crippen LogP contribution in [0.4, 0.5) is 5.82 Å². The van der Waals surface area contributed by atoms with Gasteiger partial charge in [0.2, 0.25) is 10.0 Å². The summed E-state index contributed by atoms with van der Waals surface area (Å²) in [4.78, 5) is 4.03. The Morgan fingerprint density at radius 1 is 1.50 bits per heavy atom. The molecule has 0 fully saturated rings. The first-order valence-electron chi connectivity index (χ1n) is 6.01. The zero-order chi connectivity index (χ0) is 15.0. The number of nitrogens with zero attached hydrogens (tertiary/aromatic N) is 2. The maximum absolute atomic E-state index is 11.9. The first kappa shape index (κ1) is 16.0. The number of rotatable bonds is 5. The van der Waals surface area contributed by atoms with Gasteiger partial charge in [-0.15, -0.1) is 0 Å². The first-order valence-corrected chi connectivity index (χ1v) is 7.56. The summed E-state index contributed by atoms with van der Waals surface area (Å²) in [7, 11) is -3.78. The first-order chi connectivity index (χ1) is 9.53. The van der Waals surface area contributed by atoms with Crippen molar-refractivity contribution < 1.29 is 13.5 Å². The van der Waals surface area contributed by atoms with Crippen molar-refractivity contribution in [1.29, 1.82) is 5.26 Å². The third kappa shape index (κ3) is 4.54. The highest BCUT2D eigenvalue weighted by molar-refractivity contribution is 7.93. The minimum absolute atomic E-state index is 0.0420. The van der Waals surface area contributed by atoms with Crippen LogP contribution in [0.25, 0.3) is 0 Å². The van der Waals surface area contributed by atoms with Gasteiger partial charge in [-0.05, 0) is 24.5 Å². The van der Waals surface area contributed by atoms with Crippen molar-refractivity contribution in [2.75, 3.05) is 11.3 Å². The molecule has 6 nitrogen and oxygen atoms in total. The van der Waals surface area contributed by atoms with Crippen LogP contribution in [-0.4, -0.2) is 30.4 Å². The van der Waals surface area contributed by atoms with Gasteiger partial charge in [-0.2, -0.15) is 5.26 Å². The molecule has 1 rings (SSSR count). The second-order valence-corrected chi connectivity index (χ2v) is 5.72. The number of aromatic nitrogens is 1. The summed E-state index contributed by atoms with van der Waals surface area (Å²) in [5.74, 6) is 5.52. The topological polar surface area (TPSA) is 103 Å². The molecule has 0 aliphatic carbocycles. The second kappa shape index (κ2) is 7.49. The molecule has 1 unspecified atom stereocenters. The van der Waals surface area contributed by atoms with Crippen molar-refractivity contribution in [3.05, 3.63) is 23.9 Å². The highest BCUT2D eigenvalue weighted by atomic mass is 32.2. The largest absolute Gasteiger partial charge is 0.395 e. The number of pyridine rings is 1. The van der Waals surface area contributed by atoms with E-state index in [0.29, 0.717) is 12.1 Å². The molecule has 1 atom stereocenters. The number of aliphatic hydroxyl groups excluding tert-OH is 1. The molecule has 0 radical (unpaired) electrons. The second-order valence-electron chi connectivity index (χ2n) is 3.86. The zero-order valence-corrected chi connectivity index (χ0v) is 11.8. The van der Waals surface area contributed by atoms with Gasteiger partial charge in [-0.3, -0.25) is 4.72 Å². The maximum Gasteiger partial charge on any atom is 0.250 e. The van der Waals surface area contributed by atoms with Crippen LogP contribution in [0, 0.1) is 23.2 Å². The fraction of sp³-hybridized carbons (Fsp3) is 0.385. The average molecular weight is 293 g/mol. The number of hydrogen-bond donors (Lipinski definition) is 2. The van der Waals surface area contributed by atoms with Crippen LogP contribution >= 0.6 is 0 Å². The Bertz CT molecular complexity index is 653. The van der Waals surface area contributed by atoms with Crippen molar-refractivity contribution >= 4 is 15.8 Å². The monoisotopic (exact) mass is 293 g/mol. The van der Waals surface area contributed by atoms with Crippen LogP contribution in [0.5, 0.6) is 0 Å². The minimum Gasteiger partial charge on any atom is -0.395 e. The van der Waals surface area contributed by atoms with Crippen LogP contribution in [0.2, 0.25) is 0 Å². The maximum atomic E-state index is 11.9. The fourth-order valence-corrected chi connectivity index (χ4v) is 2.49. The third-order valence-electron chi connectivity index (χ3n) is 2.34. The lowest BCUT2D eigenvalue weighted by atomic mass is 10.3. The normalized spacial score (nSPS) is 11.8. The van der Waals surface area contributed by atoms with E-state index in [1.165, 1.54) is 6.07 Å². The quantitative estimate of drug-likeness (QED) is 0.784. The highest BCUT2D eigenvalue weighted by Gasteiger charge is 2.23.